The average Bonchev–Trinajstić information content (AvgIpc) is 2.83. The summed E-state index contributed by atoms with van der Waals surface area (Å²) in [4.78, 5) is 15.6. The highest BCUT2D eigenvalue weighted by Gasteiger charge is 2.06. The van der Waals surface area contributed by atoms with E-state index in [0.717, 1.165) is 0 Å². The van der Waals surface area contributed by atoms with E-state index in [1.165, 1.54) is 12.2 Å². The van der Waals surface area contributed by atoms with Gasteiger partial charge in [-0.15, -0.1) is 3.89 Å². The zero-order valence-corrected chi connectivity index (χ0v) is 11.8. The lowest BCUT2D eigenvalue weighted by atomic mass is 10.3. The second-order valence-corrected chi connectivity index (χ2v) is 5.73. The summed E-state index contributed by atoms with van der Waals surface area (Å²) in [7, 11) is -4.49. The number of carbonyl (C=O) groups is 1. The first-order valence-electron chi connectivity index (χ1n) is 6.18. The van der Waals surface area contributed by atoms with E-state index in [1.807, 2.05) is 12.1 Å². The number of halogens is 1. The molecule has 1 amide bonds. The number of carbonyl (C=O) groups excluding carboxylic acids is 1. The number of hydrogen-bond donors (Lipinski definition) is 1. The molecule has 0 aliphatic heterocycles. The van der Waals surface area contributed by atoms with Crippen molar-refractivity contribution in [3.05, 3.63) is 36.2 Å². The van der Waals surface area contributed by atoms with Gasteiger partial charge in [-0.3, -0.25) is 4.79 Å². The Hall–Kier alpha value is -2.22. The molecule has 0 aliphatic rings. The predicted molar refractivity (Wildman–Crippen MR) is 75.6 cm³/mol. The van der Waals surface area contributed by atoms with Gasteiger partial charge in [0.05, 0.1) is 5.75 Å². The van der Waals surface area contributed by atoms with E-state index in [1.54, 1.807) is 12.1 Å². The zero-order valence-electron chi connectivity index (χ0n) is 11.0. The molecule has 0 unspecified atom stereocenters. The van der Waals surface area contributed by atoms with Crippen LogP contribution in [0.25, 0.3) is 17.2 Å². The molecule has 0 radical (unpaired) electrons. The molecule has 0 aliphatic carbocycles. The first kappa shape index (κ1) is 15.2. The Morgan fingerprint density at radius 3 is 2.86 bits per heavy atom. The topological polar surface area (TPSA) is 89.3 Å². The Kier molecular flexibility index (Phi) is 4.69. The third-order valence-corrected chi connectivity index (χ3v) is 3.33. The summed E-state index contributed by atoms with van der Waals surface area (Å²) in [6.45, 7) is 0.0693. The van der Waals surface area contributed by atoms with Crippen molar-refractivity contribution in [2.45, 2.75) is 6.42 Å². The van der Waals surface area contributed by atoms with Crippen LogP contribution in [0.15, 0.2) is 34.8 Å². The number of nitrogens with zero attached hydrogens (tertiary/aromatic N) is 1. The number of hydrogen-bond acceptors (Lipinski definition) is 5. The Morgan fingerprint density at radius 1 is 1.38 bits per heavy atom. The summed E-state index contributed by atoms with van der Waals surface area (Å²) in [6, 6.07) is 7.18. The van der Waals surface area contributed by atoms with E-state index < -0.39 is 21.9 Å². The second kappa shape index (κ2) is 6.49. The van der Waals surface area contributed by atoms with Crippen LogP contribution in [0.4, 0.5) is 3.89 Å². The highest BCUT2D eigenvalue weighted by molar-refractivity contribution is 7.86. The first-order chi connectivity index (χ1) is 9.94. The van der Waals surface area contributed by atoms with Crippen LogP contribution in [-0.2, 0) is 15.0 Å². The van der Waals surface area contributed by atoms with Crippen molar-refractivity contribution in [3.8, 4) is 0 Å². The van der Waals surface area contributed by atoms with Crippen molar-refractivity contribution >= 4 is 33.3 Å². The highest BCUT2D eigenvalue weighted by Crippen LogP contribution is 2.15. The van der Waals surface area contributed by atoms with E-state index in [9.17, 15) is 17.1 Å². The van der Waals surface area contributed by atoms with E-state index in [0.29, 0.717) is 11.1 Å². The van der Waals surface area contributed by atoms with Gasteiger partial charge in [-0.1, -0.05) is 12.1 Å². The van der Waals surface area contributed by atoms with Gasteiger partial charge in [-0.05, 0) is 18.6 Å². The van der Waals surface area contributed by atoms with Gasteiger partial charge in [-0.25, -0.2) is 4.98 Å². The molecule has 0 saturated heterocycles. The molecule has 0 bridgehead atoms. The van der Waals surface area contributed by atoms with Crippen molar-refractivity contribution in [2.75, 3.05) is 12.3 Å². The minimum absolute atomic E-state index is 0.0152. The minimum Gasteiger partial charge on any atom is -0.437 e. The van der Waals surface area contributed by atoms with Gasteiger partial charge >= 0.3 is 10.2 Å². The smallest absolute Gasteiger partial charge is 0.302 e. The molecule has 1 N–H and O–H groups in total. The highest BCUT2D eigenvalue weighted by atomic mass is 32.3. The fourth-order valence-corrected chi connectivity index (χ4v) is 2.11. The van der Waals surface area contributed by atoms with Crippen LogP contribution in [0.5, 0.6) is 0 Å². The number of fused-ring (bicyclic) bond motifs is 1. The molecule has 0 atom stereocenters. The molecule has 0 saturated carbocycles. The molecule has 1 aromatic carbocycles. The third-order valence-electron chi connectivity index (χ3n) is 2.55. The third kappa shape index (κ3) is 4.99. The van der Waals surface area contributed by atoms with Crippen molar-refractivity contribution in [2.24, 2.45) is 0 Å². The Bertz CT molecular complexity index is 734. The fraction of sp³-hybridized carbons (Fsp3) is 0.231. The lowest BCUT2D eigenvalue weighted by Gasteiger charge is -1.99. The SMILES string of the molecule is O=C(/C=C/c1nc2ccccc2o1)NCCCS(=O)(=O)F. The molecule has 0 fully saturated rings. The summed E-state index contributed by atoms with van der Waals surface area (Å²) in [5, 5.41) is 2.43. The van der Waals surface area contributed by atoms with E-state index in [4.69, 9.17) is 4.42 Å². The summed E-state index contributed by atoms with van der Waals surface area (Å²) in [5.74, 6) is -0.756. The molecule has 21 heavy (non-hydrogen) atoms. The minimum atomic E-state index is -4.49. The maximum Gasteiger partial charge on any atom is 0.302 e. The predicted octanol–water partition coefficient (Wildman–Crippen LogP) is 1.65. The fourth-order valence-electron chi connectivity index (χ4n) is 1.62. The van der Waals surface area contributed by atoms with Crippen LogP contribution in [0.1, 0.15) is 12.3 Å². The number of para-hydroxylation sites is 2. The van der Waals surface area contributed by atoms with Gasteiger partial charge in [0.2, 0.25) is 11.8 Å². The number of amides is 1. The maximum atomic E-state index is 12.2. The molecule has 1 heterocycles. The summed E-state index contributed by atoms with van der Waals surface area (Å²) in [5.41, 5.74) is 1.30. The summed E-state index contributed by atoms with van der Waals surface area (Å²) in [6.07, 6.45) is 2.64. The molecule has 8 heteroatoms. The molecular formula is C13H13FN2O4S. The molecular weight excluding hydrogens is 299 g/mol. The molecule has 2 aromatic rings. The lowest BCUT2D eigenvalue weighted by molar-refractivity contribution is -0.116. The van der Waals surface area contributed by atoms with E-state index in [-0.39, 0.29) is 18.9 Å². The van der Waals surface area contributed by atoms with Crippen LogP contribution in [0.3, 0.4) is 0 Å². The Labute approximate surface area is 120 Å². The van der Waals surface area contributed by atoms with Crippen molar-refractivity contribution in [1.29, 1.82) is 0 Å². The quantitative estimate of drug-likeness (QED) is 0.497. The summed E-state index contributed by atoms with van der Waals surface area (Å²) < 4.78 is 38.1. The molecule has 112 valence electrons. The van der Waals surface area contributed by atoms with Crippen LogP contribution in [-0.4, -0.2) is 31.6 Å². The molecule has 2 rings (SSSR count). The van der Waals surface area contributed by atoms with E-state index >= 15 is 0 Å². The number of oxazole rings is 1. The molecule has 1 aromatic heterocycles. The van der Waals surface area contributed by atoms with Crippen LogP contribution < -0.4 is 5.32 Å². The van der Waals surface area contributed by atoms with Crippen molar-refractivity contribution < 1.29 is 21.5 Å². The second-order valence-electron chi connectivity index (χ2n) is 4.24. The monoisotopic (exact) mass is 312 g/mol. The van der Waals surface area contributed by atoms with Crippen molar-refractivity contribution in [1.82, 2.24) is 10.3 Å². The van der Waals surface area contributed by atoms with Crippen LogP contribution >= 0.6 is 0 Å². The van der Waals surface area contributed by atoms with Crippen LogP contribution in [0.2, 0.25) is 0 Å². The molecule has 6 nitrogen and oxygen atoms in total. The van der Waals surface area contributed by atoms with Gasteiger partial charge < -0.3 is 9.73 Å². The first-order valence-corrected chi connectivity index (χ1v) is 7.73. The van der Waals surface area contributed by atoms with Gasteiger partial charge in [0.25, 0.3) is 0 Å². The summed E-state index contributed by atoms with van der Waals surface area (Å²) >= 11 is 0. The average molecular weight is 312 g/mol. The van der Waals surface area contributed by atoms with E-state index in [2.05, 4.69) is 10.3 Å². The van der Waals surface area contributed by atoms with Gasteiger partial charge in [-0.2, -0.15) is 8.42 Å². The Balaban J connectivity index is 1.84. The van der Waals surface area contributed by atoms with Crippen molar-refractivity contribution in [3.63, 3.8) is 0 Å². The normalized spacial score (nSPS) is 12.0. The maximum absolute atomic E-state index is 12.2. The number of benzene rings is 1. The zero-order chi connectivity index (χ0) is 15.3. The van der Waals surface area contributed by atoms with Gasteiger partial charge in [0.1, 0.15) is 5.52 Å². The van der Waals surface area contributed by atoms with Gasteiger partial charge in [0, 0.05) is 18.7 Å². The standard InChI is InChI=1S/C13H13FN2O4S/c14-21(18,19)9-3-8-15-12(17)6-7-13-16-10-4-1-2-5-11(10)20-13/h1-2,4-7H,3,8-9H2,(H,15,17)/b7-6+. The number of rotatable bonds is 6. The number of nitrogens with one attached hydrogen (secondary N) is 1. The molecule has 0 spiro atoms. The number of aromatic nitrogens is 1. The van der Waals surface area contributed by atoms with Gasteiger partial charge in [0.15, 0.2) is 5.58 Å². The Morgan fingerprint density at radius 2 is 2.14 bits per heavy atom. The largest absolute Gasteiger partial charge is 0.437 e. The van der Waals surface area contributed by atoms with Crippen LogP contribution in [0, 0.1) is 0 Å². The lowest BCUT2D eigenvalue weighted by Crippen LogP contribution is -2.23.